The third-order valence-corrected chi connectivity index (χ3v) is 5.54. The highest BCUT2D eigenvalue weighted by Crippen LogP contribution is 2.38. The van der Waals surface area contributed by atoms with E-state index < -0.39 is 6.36 Å². The summed E-state index contributed by atoms with van der Waals surface area (Å²) < 4.78 is 42.4. The molecular formula is C23H26ClF3N4O2. The smallest absolute Gasteiger partial charge is 0.405 e. The van der Waals surface area contributed by atoms with Gasteiger partial charge in [-0.1, -0.05) is 35.9 Å². The van der Waals surface area contributed by atoms with E-state index in [1.54, 1.807) is 23.1 Å². The third kappa shape index (κ3) is 7.17. The number of piperidine rings is 1. The van der Waals surface area contributed by atoms with Crippen LogP contribution in [0.1, 0.15) is 25.7 Å². The van der Waals surface area contributed by atoms with Gasteiger partial charge in [-0.25, -0.2) is 0 Å². The van der Waals surface area contributed by atoms with Crippen molar-refractivity contribution in [2.24, 2.45) is 10.2 Å². The topological polar surface area (TPSA) is 57.5 Å². The maximum atomic E-state index is 12.7. The van der Waals surface area contributed by atoms with Crippen LogP contribution in [0.5, 0.6) is 5.75 Å². The second-order valence-electron chi connectivity index (χ2n) is 8.04. The fraction of sp³-hybridized carbons (Fsp3) is 0.435. The molecule has 0 aliphatic carbocycles. The lowest BCUT2D eigenvalue weighted by molar-refractivity contribution is -0.274. The molecule has 6 nitrogen and oxygen atoms in total. The van der Waals surface area contributed by atoms with Crippen LogP contribution in [-0.2, 0) is 4.79 Å². The summed E-state index contributed by atoms with van der Waals surface area (Å²) >= 11 is 6.37. The molecule has 1 heterocycles. The molecule has 2 aromatic rings. The normalized spacial score (nSPS) is 17.1. The van der Waals surface area contributed by atoms with Crippen LogP contribution in [0.2, 0.25) is 5.02 Å². The number of likely N-dealkylation sites (tertiary alicyclic amines) is 1. The van der Waals surface area contributed by atoms with Gasteiger partial charge in [-0.05, 0) is 51.6 Å². The van der Waals surface area contributed by atoms with Crippen LogP contribution in [0.3, 0.4) is 0 Å². The van der Waals surface area contributed by atoms with Crippen molar-refractivity contribution in [3.8, 4) is 16.9 Å². The molecule has 0 spiro atoms. The summed E-state index contributed by atoms with van der Waals surface area (Å²) in [6, 6.07) is 10.5. The Morgan fingerprint density at radius 1 is 1.18 bits per heavy atom. The molecule has 33 heavy (non-hydrogen) atoms. The summed E-state index contributed by atoms with van der Waals surface area (Å²) in [5.74, 6) is -0.294. The average molecular weight is 483 g/mol. The maximum Gasteiger partial charge on any atom is 0.573 e. The second kappa shape index (κ2) is 11.0. The highest BCUT2D eigenvalue weighted by Gasteiger charge is 2.32. The fourth-order valence-corrected chi connectivity index (χ4v) is 3.89. The molecule has 2 aromatic carbocycles. The standard InChI is InChI=1S/C23H26ClF3N4O2/c1-30(2)14-12-22(32)31-13-6-5-9-21(31)29-28-16-10-11-17(19(24)15-16)18-7-3-4-8-20(18)33-23(25,26)27/h3-4,7-8,10-11,15,21H,5-6,9,12-14H2,1-2H3. The minimum atomic E-state index is -4.81. The van der Waals surface area contributed by atoms with Crippen molar-refractivity contribution in [1.82, 2.24) is 9.80 Å². The lowest BCUT2D eigenvalue weighted by Crippen LogP contribution is -2.43. The van der Waals surface area contributed by atoms with E-state index in [4.69, 9.17) is 11.6 Å². The fourth-order valence-electron chi connectivity index (χ4n) is 3.61. The first-order chi connectivity index (χ1) is 15.6. The highest BCUT2D eigenvalue weighted by atomic mass is 35.5. The Labute approximate surface area is 196 Å². The summed E-state index contributed by atoms with van der Waals surface area (Å²) in [5.41, 5.74) is 1.05. The largest absolute Gasteiger partial charge is 0.573 e. The molecule has 1 aliphatic heterocycles. The molecule has 0 N–H and O–H groups in total. The number of amides is 1. The monoisotopic (exact) mass is 482 g/mol. The van der Waals surface area contributed by atoms with Crippen LogP contribution >= 0.6 is 11.6 Å². The number of carbonyl (C=O) groups is 1. The van der Waals surface area contributed by atoms with E-state index in [2.05, 4.69) is 15.0 Å². The first-order valence-electron chi connectivity index (χ1n) is 10.6. The number of nitrogens with zero attached hydrogens (tertiary/aromatic N) is 4. The van der Waals surface area contributed by atoms with Gasteiger partial charge in [-0.15, -0.1) is 13.2 Å². The van der Waals surface area contributed by atoms with Gasteiger partial charge in [0.25, 0.3) is 0 Å². The molecule has 10 heteroatoms. The van der Waals surface area contributed by atoms with E-state index in [9.17, 15) is 18.0 Å². The van der Waals surface area contributed by atoms with Crippen molar-refractivity contribution in [2.45, 2.75) is 38.2 Å². The molecule has 178 valence electrons. The van der Waals surface area contributed by atoms with Gasteiger partial charge < -0.3 is 14.5 Å². The Hall–Kier alpha value is -2.65. The number of rotatable bonds is 7. The van der Waals surface area contributed by atoms with Crippen LogP contribution in [0.4, 0.5) is 18.9 Å². The Morgan fingerprint density at radius 3 is 2.64 bits per heavy atom. The molecule has 1 atom stereocenters. The zero-order chi connectivity index (χ0) is 24.0. The number of ether oxygens (including phenoxy) is 1. The van der Waals surface area contributed by atoms with Crippen LogP contribution < -0.4 is 4.74 Å². The zero-order valence-electron chi connectivity index (χ0n) is 18.5. The van der Waals surface area contributed by atoms with Gasteiger partial charge in [0.15, 0.2) is 0 Å². The first-order valence-corrected chi connectivity index (χ1v) is 11.0. The molecule has 1 aliphatic rings. The van der Waals surface area contributed by atoms with E-state index in [1.807, 2.05) is 19.0 Å². The van der Waals surface area contributed by atoms with Gasteiger partial charge in [-0.2, -0.15) is 10.2 Å². The van der Waals surface area contributed by atoms with Crippen LogP contribution in [0.25, 0.3) is 11.1 Å². The molecule has 0 aromatic heterocycles. The molecule has 0 bridgehead atoms. The third-order valence-electron chi connectivity index (χ3n) is 5.23. The number of azo groups is 1. The van der Waals surface area contributed by atoms with E-state index in [0.29, 0.717) is 30.8 Å². The molecule has 0 saturated carbocycles. The van der Waals surface area contributed by atoms with Crippen molar-refractivity contribution in [3.63, 3.8) is 0 Å². The molecule has 0 radical (unpaired) electrons. The van der Waals surface area contributed by atoms with Gasteiger partial charge >= 0.3 is 6.36 Å². The number of carbonyl (C=O) groups excluding carboxylic acids is 1. The predicted octanol–water partition coefficient (Wildman–Crippen LogP) is 6.28. The maximum absolute atomic E-state index is 12.7. The lowest BCUT2D eigenvalue weighted by Gasteiger charge is -2.32. The first kappa shape index (κ1) is 25.0. The highest BCUT2D eigenvalue weighted by molar-refractivity contribution is 6.33. The van der Waals surface area contributed by atoms with E-state index in [0.717, 1.165) is 19.3 Å². The molecule has 3 rings (SSSR count). The lowest BCUT2D eigenvalue weighted by atomic mass is 10.0. The Morgan fingerprint density at radius 2 is 1.94 bits per heavy atom. The number of halogens is 4. The van der Waals surface area contributed by atoms with Crippen molar-refractivity contribution in [1.29, 1.82) is 0 Å². The molecule has 1 amide bonds. The van der Waals surface area contributed by atoms with Gasteiger partial charge in [0.2, 0.25) is 5.91 Å². The number of para-hydroxylation sites is 1. The Balaban J connectivity index is 1.77. The van der Waals surface area contributed by atoms with Gasteiger partial charge in [0.05, 0.1) is 10.7 Å². The van der Waals surface area contributed by atoms with Gasteiger partial charge in [-0.3, -0.25) is 4.79 Å². The van der Waals surface area contributed by atoms with Crippen molar-refractivity contribution < 1.29 is 22.7 Å². The van der Waals surface area contributed by atoms with Crippen molar-refractivity contribution in [2.75, 3.05) is 27.2 Å². The number of hydrogen-bond acceptors (Lipinski definition) is 5. The minimum Gasteiger partial charge on any atom is -0.405 e. The quantitative estimate of drug-likeness (QED) is 0.436. The number of hydrogen-bond donors (Lipinski definition) is 0. The molecule has 1 saturated heterocycles. The summed E-state index contributed by atoms with van der Waals surface area (Å²) in [6.45, 7) is 1.31. The number of benzene rings is 2. The van der Waals surface area contributed by atoms with E-state index >= 15 is 0 Å². The van der Waals surface area contributed by atoms with Crippen molar-refractivity contribution >= 4 is 23.2 Å². The van der Waals surface area contributed by atoms with Crippen molar-refractivity contribution in [3.05, 3.63) is 47.5 Å². The van der Waals surface area contributed by atoms with Crippen LogP contribution in [-0.4, -0.2) is 55.4 Å². The number of alkyl halides is 3. The second-order valence-corrected chi connectivity index (χ2v) is 8.45. The van der Waals surface area contributed by atoms with Gasteiger partial charge in [0.1, 0.15) is 11.9 Å². The predicted molar refractivity (Wildman–Crippen MR) is 121 cm³/mol. The Kier molecular flexibility index (Phi) is 8.31. The summed E-state index contributed by atoms with van der Waals surface area (Å²) in [4.78, 5) is 16.3. The zero-order valence-corrected chi connectivity index (χ0v) is 19.2. The van der Waals surface area contributed by atoms with Crippen LogP contribution in [0.15, 0.2) is 52.7 Å². The summed E-state index contributed by atoms with van der Waals surface area (Å²) in [6.07, 6.45) is -2.12. The van der Waals surface area contributed by atoms with Crippen LogP contribution in [0, 0.1) is 0 Å². The molecule has 1 fully saturated rings. The Bertz CT molecular complexity index is 998. The minimum absolute atomic E-state index is 0.0435. The SMILES string of the molecule is CN(C)CCC(=O)N1CCCCC1N=Nc1ccc(-c2ccccc2OC(F)(F)F)c(Cl)c1. The molecular weight excluding hydrogens is 457 g/mol. The molecule has 1 unspecified atom stereocenters. The average Bonchev–Trinajstić information content (AvgIpc) is 2.76. The van der Waals surface area contributed by atoms with E-state index in [-0.39, 0.29) is 28.4 Å². The summed E-state index contributed by atoms with van der Waals surface area (Å²) in [7, 11) is 3.84. The van der Waals surface area contributed by atoms with Gasteiger partial charge in [0, 0.05) is 30.6 Å². The summed E-state index contributed by atoms with van der Waals surface area (Å²) in [5, 5.41) is 8.85. The van der Waals surface area contributed by atoms with E-state index in [1.165, 1.54) is 24.3 Å².